The van der Waals surface area contributed by atoms with E-state index >= 15 is 0 Å². The average Bonchev–Trinajstić information content (AvgIpc) is 2.60. The van der Waals surface area contributed by atoms with Crippen molar-refractivity contribution in [2.45, 2.75) is 12.8 Å². The first-order valence-corrected chi connectivity index (χ1v) is 7.57. The minimum Gasteiger partial charge on any atom is -0.504 e. The van der Waals surface area contributed by atoms with Crippen LogP contribution in [0.25, 0.3) is 11.0 Å². The van der Waals surface area contributed by atoms with Crippen LogP contribution < -0.4 is 14.9 Å². The van der Waals surface area contributed by atoms with Gasteiger partial charge in [0.2, 0.25) is 0 Å². The smallest absolute Gasteiger partial charge is 0.193 e. The van der Waals surface area contributed by atoms with Crippen molar-refractivity contribution in [2.24, 2.45) is 0 Å². The summed E-state index contributed by atoms with van der Waals surface area (Å²) in [5.74, 6) is 1.60. The van der Waals surface area contributed by atoms with Gasteiger partial charge < -0.3 is 19.0 Å². The Morgan fingerprint density at radius 3 is 2.42 bits per heavy atom. The molecule has 0 amide bonds. The highest BCUT2D eigenvalue weighted by Crippen LogP contribution is 2.30. The number of aromatic hydroxyl groups is 1. The molecule has 1 heterocycles. The molecular weight excluding hydrogens is 308 g/mol. The largest absolute Gasteiger partial charge is 0.504 e. The fourth-order valence-corrected chi connectivity index (χ4v) is 2.57. The van der Waals surface area contributed by atoms with E-state index in [-0.39, 0.29) is 16.9 Å². The van der Waals surface area contributed by atoms with Crippen LogP contribution in [0, 0.1) is 0 Å². The summed E-state index contributed by atoms with van der Waals surface area (Å²) in [6.45, 7) is 0. The Kier molecular flexibility index (Phi) is 4.42. The molecule has 3 rings (SSSR count). The van der Waals surface area contributed by atoms with Crippen LogP contribution in [0.1, 0.15) is 11.3 Å². The van der Waals surface area contributed by atoms with Gasteiger partial charge in [-0.15, -0.1) is 0 Å². The van der Waals surface area contributed by atoms with Crippen molar-refractivity contribution in [2.75, 3.05) is 14.2 Å². The summed E-state index contributed by atoms with van der Waals surface area (Å²) in [6.07, 6.45) is 1.34. The lowest BCUT2D eigenvalue weighted by atomic mass is 10.1. The normalized spacial score (nSPS) is 10.8. The monoisotopic (exact) mass is 326 g/mol. The summed E-state index contributed by atoms with van der Waals surface area (Å²) in [5.41, 5.74) is 1.35. The first-order valence-electron chi connectivity index (χ1n) is 7.57. The predicted octanol–water partition coefficient (Wildman–Crippen LogP) is 3.30. The molecular formula is C19H18O5. The summed E-state index contributed by atoms with van der Waals surface area (Å²) in [5, 5.41) is 10.1. The zero-order chi connectivity index (χ0) is 17.1. The molecule has 3 aromatic rings. The number of phenols is 1. The van der Waals surface area contributed by atoms with Gasteiger partial charge in [0.25, 0.3) is 0 Å². The molecule has 0 aliphatic rings. The van der Waals surface area contributed by atoms with Crippen LogP contribution in [0.3, 0.4) is 0 Å². The second-order valence-corrected chi connectivity index (χ2v) is 5.45. The van der Waals surface area contributed by atoms with Crippen LogP contribution in [0.2, 0.25) is 0 Å². The lowest BCUT2D eigenvalue weighted by Gasteiger charge is -2.07. The molecule has 0 fully saturated rings. The van der Waals surface area contributed by atoms with E-state index in [1.54, 1.807) is 7.11 Å². The molecule has 0 aliphatic heterocycles. The van der Waals surface area contributed by atoms with E-state index < -0.39 is 0 Å². The van der Waals surface area contributed by atoms with Gasteiger partial charge in [0.15, 0.2) is 16.9 Å². The molecule has 0 spiro atoms. The molecule has 24 heavy (non-hydrogen) atoms. The topological polar surface area (TPSA) is 68.9 Å². The molecule has 0 radical (unpaired) electrons. The molecule has 2 aromatic carbocycles. The Bertz CT molecular complexity index is 909. The molecule has 0 saturated carbocycles. The minimum absolute atomic E-state index is 0.0803. The van der Waals surface area contributed by atoms with Crippen LogP contribution in [0.4, 0.5) is 0 Å². The molecule has 1 aromatic heterocycles. The van der Waals surface area contributed by atoms with Gasteiger partial charge in [-0.1, -0.05) is 12.1 Å². The lowest BCUT2D eigenvalue weighted by Crippen LogP contribution is -2.03. The Morgan fingerprint density at radius 2 is 1.75 bits per heavy atom. The highest BCUT2D eigenvalue weighted by molar-refractivity contribution is 5.80. The first-order chi connectivity index (χ1) is 11.6. The zero-order valence-electron chi connectivity index (χ0n) is 13.5. The van der Waals surface area contributed by atoms with E-state index in [0.29, 0.717) is 23.2 Å². The number of fused-ring (bicyclic) bond motifs is 1. The Morgan fingerprint density at radius 1 is 1.00 bits per heavy atom. The van der Waals surface area contributed by atoms with Gasteiger partial charge in [0.1, 0.15) is 17.1 Å². The highest BCUT2D eigenvalue weighted by atomic mass is 16.5. The average molecular weight is 326 g/mol. The van der Waals surface area contributed by atoms with Crippen LogP contribution in [0.5, 0.6) is 17.2 Å². The maximum atomic E-state index is 12.2. The number of phenolic OH excluding ortho intramolecular Hbond substituents is 1. The number of aryl methyl sites for hydroxylation is 2. The van der Waals surface area contributed by atoms with Gasteiger partial charge in [-0.25, -0.2) is 0 Å². The molecule has 0 aliphatic carbocycles. The standard InChI is InChI=1S/C19H18O5/c1-22-13-6-3-12(4-7-13)5-8-14-9-16(20)15-10-17(21)19(23-2)11-18(15)24-14/h3-4,6-7,9-11,21H,5,8H2,1-2H3. The van der Waals surface area contributed by atoms with Gasteiger partial charge >= 0.3 is 0 Å². The summed E-state index contributed by atoms with van der Waals surface area (Å²) < 4.78 is 16.0. The van der Waals surface area contributed by atoms with Gasteiger partial charge in [0, 0.05) is 18.6 Å². The second-order valence-electron chi connectivity index (χ2n) is 5.45. The van der Waals surface area contributed by atoms with Crippen molar-refractivity contribution in [3.63, 3.8) is 0 Å². The SMILES string of the molecule is COc1ccc(CCc2cc(=O)c3cc(O)c(OC)cc3o2)cc1. The number of ether oxygens (including phenoxy) is 2. The number of hydrogen-bond donors (Lipinski definition) is 1. The lowest BCUT2D eigenvalue weighted by molar-refractivity contribution is 0.373. The fraction of sp³-hybridized carbons (Fsp3) is 0.211. The van der Waals surface area contributed by atoms with Crippen LogP contribution in [-0.4, -0.2) is 19.3 Å². The number of benzene rings is 2. The third-order valence-corrected chi connectivity index (χ3v) is 3.90. The fourth-order valence-electron chi connectivity index (χ4n) is 2.57. The summed E-state index contributed by atoms with van der Waals surface area (Å²) in [7, 11) is 3.08. The number of methoxy groups -OCH3 is 2. The van der Waals surface area contributed by atoms with Crippen LogP contribution in [0.15, 0.2) is 51.7 Å². The van der Waals surface area contributed by atoms with Gasteiger partial charge in [-0.05, 0) is 30.2 Å². The van der Waals surface area contributed by atoms with Crippen LogP contribution in [-0.2, 0) is 12.8 Å². The maximum absolute atomic E-state index is 12.2. The van der Waals surface area contributed by atoms with Gasteiger partial charge in [0.05, 0.1) is 19.6 Å². The van der Waals surface area contributed by atoms with E-state index in [2.05, 4.69) is 0 Å². The molecule has 0 unspecified atom stereocenters. The Labute approximate surface area is 139 Å². The third-order valence-electron chi connectivity index (χ3n) is 3.90. The van der Waals surface area contributed by atoms with Crippen molar-refractivity contribution < 1.29 is 19.0 Å². The molecule has 0 bridgehead atoms. The predicted molar refractivity (Wildman–Crippen MR) is 91.1 cm³/mol. The zero-order valence-corrected chi connectivity index (χ0v) is 13.5. The van der Waals surface area contributed by atoms with Crippen molar-refractivity contribution in [1.82, 2.24) is 0 Å². The molecule has 5 nitrogen and oxygen atoms in total. The quantitative estimate of drug-likeness (QED) is 0.779. The van der Waals surface area contributed by atoms with Crippen molar-refractivity contribution in [3.8, 4) is 17.2 Å². The van der Waals surface area contributed by atoms with Crippen molar-refractivity contribution in [1.29, 1.82) is 0 Å². The number of hydrogen-bond acceptors (Lipinski definition) is 5. The Hall–Kier alpha value is -2.95. The molecule has 0 atom stereocenters. The molecule has 0 saturated heterocycles. The maximum Gasteiger partial charge on any atom is 0.193 e. The summed E-state index contributed by atoms with van der Waals surface area (Å²) in [4.78, 5) is 12.2. The minimum atomic E-state index is -0.182. The van der Waals surface area contributed by atoms with Crippen molar-refractivity contribution in [3.05, 3.63) is 64.0 Å². The van der Waals surface area contributed by atoms with E-state index in [1.807, 2.05) is 24.3 Å². The van der Waals surface area contributed by atoms with E-state index in [4.69, 9.17) is 13.9 Å². The summed E-state index contributed by atoms with van der Waals surface area (Å²) in [6, 6.07) is 12.1. The van der Waals surface area contributed by atoms with E-state index in [9.17, 15) is 9.90 Å². The molecule has 5 heteroatoms. The van der Waals surface area contributed by atoms with E-state index in [1.165, 1.54) is 25.3 Å². The van der Waals surface area contributed by atoms with Crippen LogP contribution >= 0.6 is 0 Å². The number of rotatable bonds is 5. The summed E-state index contributed by atoms with van der Waals surface area (Å²) >= 11 is 0. The molecule has 1 N–H and O–H groups in total. The van der Waals surface area contributed by atoms with Crippen molar-refractivity contribution >= 4 is 11.0 Å². The highest BCUT2D eigenvalue weighted by Gasteiger charge is 2.10. The van der Waals surface area contributed by atoms with E-state index in [0.717, 1.165) is 17.7 Å². The van der Waals surface area contributed by atoms with Gasteiger partial charge in [-0.2, -0.15) is 0 Å². The molecule has 124 valence electrons. The first kappa shape index (κ1) is 15.9. The third kappa shape index (κ3) is 3.20. The second kappa shape index (κ2) is 6.66. The Balaban J connectivity index is 1.86. The van der Waals surface area contributed by atoms with Gasteiger partial charge in [-0.3, -0.25) is 4.79 Å².